The Balaban J connectivity index is 1.44. The van der Waals surface area contributed by atoms with Crippen LogP contribution in [0.25, 0.3) is 0 Å². The molecule has 196 valence electrons. The van der Waals surface area contributed by atoms with Crippen molar-refractivity contribution in [2.75, 3.05) is 16.1 Å². The van der Waals surface area contributed by atoms with Crippen molar-refractivity contribution >= 4 is 39.2 Å². The van der Waals surface area contributed by atoms with Crippen molar-refractivity contribution in [3.63, 3.8) is 0 Å². The molecule has 1 fully saturated rings. The molecule has 2 heterocycles. The van der Waals surface area contributed by atoms with Gasteiger partial charge in [-0.1, -0.05) is 0 Å². The number of ether oxygens (including phenoxy) is 2. The number of aromatic nitrogens is 2. The Labute approximate surface area is 210 Å². The number of alkyl carbamates (subject to hydrolysis) is 1. The normalized spacial score (nSPS) is 20.8. The molecule has 0 unspecified atom stereocenters. The van der Waals surface area contributed by atoms with Gasteiger partial charge in [0.1, 0.15) is 17.6 Å². The van der Waals surface area contributed by atoms with Gasteiger partial charge in [0.05, 0.1) is 10.6 Å². The average molecular weight is 520 g/mol. The fourth-order valence-corrected chi connectivity index (χ4v) is 5.84. The minimum absolute atomic E-state index is 0.0199. The van der Waals surface area contributed by atoms with Gasteiger partial charge in [0, 0.05) is 29.4 Å². The lowest BCUT2D eigenvalue weighted by molar-refractivity contribution is 0.0587. The summed E-state index contributed by atoms with van der Waals surface area (Å²) in [5.74, 6) is 0.266. The number of hydrogen-bond donors (Lipinski definition) is 3. The quantitative estimate of drug-likeness (QED) is 0.527. The second kappa shape index (κ2) is 9.64. The van der Waals surface area contributed by atoms with Gasteiger partial charge >= 0.3 is 12.2 Å². The molecular weight excluding hydrogens is 486 g/mol. The van der Waals surface area contributed by atoms with Crippen molar-refractivity contribution in [3.8, 4) is 0 Å². The molecule has 0 spiro atoms. The number of sulfone groups is 1. The average Bonchev–Trinajstić information content (AvgIpc) is 3.44. The summed E-state index contributed by atoms with van der Waals surface area (Å²) in [7, 11) is -3.64. The van der Waals surface area contributed by atoms with Crippen molar-refractivity contribution in [2.45, 2.75) is 82.4 Å². The summed E-state index contributed by atoms with van der Waals surface area (Å²) in [6.45, 7) is 8.94. The number of rotatable bonds is 5. The van der Waals surface area contributed by atoms with E-state index in [0.29, 0.717) is 17.9 Å². The van der Waals surface area contributed by atoms with Gasteiger partial charge in [0.2, 0.25) is 0 Å². The first-order valence-corrected chi connectivity index (χ1v) is 13.6. The Morgan fingerprint density at radius 2 is 1.94 bits per heavy atom. The minimum Gasteiger partial charge on any atom is -0.446 e. The van der Waals surface area contributed by atoms with E-state index in [9.17, 15) is 18.0 Å². The van der Waals surface area contributed by atoms with Gasteiger partial charge in [0.25, 0.3) is 0 Å². The minimum atomic E-state index is -3.64. The zero-order valence-electron chi connectivity index (χ0n) is 21.1. The summed E-state index contributed by atoms with van der Waals surface area (Å²) in [6, 6.07) is 6.62. The standard InChI is InChI=1S/C24H33N5O6S/c1-14(2)25-22(30)34-17-8-6-15(10-17)18-12-21(28-27-18)26-16-7-9-20-19(11-16)29(13-36(20,32)33)23(31)35-24(3,4)5/h7,9,11-12,14-15,17H,6,8,10,13H2,1-5H3,(H,25,30)(H2,26,27,28)/t15-,17+/m0/s1. The lowest BCUT2D eigenvalue weighted by Crippen LogP contribution is -2.36. The van der Waals surface area contributed by atoms with E-state index in [4.69, 9.17) is 9.47 Å². The van der Waals surface area contributed by atoms with Crippen LogP contribution in [0.15, 0.2) is 29.2 Å². The number of carbonyl (C=O) groups is 2. The molecule has 2 aliphatic rings. The lowest BCUT2D eigenvalue weighted by atomic mass is 10.0. The fourth-order valence-electron chi connectivity index (χ4n) is 4.35. The molecule has 12 heteroatoms. The zero-order chi connectivity index (χ0) is 26.3. The van der Waals surface area contributed by atoms with Crippen molar-refractivity contribution in [2.24, 2.45) is 0 Å². The molecular formula is C24H33N5O6S. The van der Waals surface area contributed by atoms with Crippen molar-refractivity contribution < 1.29 is 27.5 Å². The SMILES string of the molecule is CC(C)NC(=O)O[C@@H]1CC[C@H](c2cc(Nc3ccc4c(c3)N(C(=O)OC(C)(C)C)CS4(=O)=O)n[nH]2)C1. The van der Waals surface area contributed by atoms with E-state index in [-0.39, 0.29) is 28.6 Å². The van der Waals surface area contributed by atoms with Gasteiger partial charge < -0.3 is 20.1 Å². The number of hydrogen-bond acceptors (Lipinski definition) is 8. The molecule has 2 atom stereocenters. The number of nitrogens with one attached hydrogen (secondary N) is 3. The molecule has 1 aromatic carbocycles. The molecule has 0 bridgehead atoms. The Morgan fingerprint density at radius 1 is 1.19 bits per heavy atom. The third-order valence-corrected chi connectivity index (χ3v) is 7.49. The molecule has 1 aromatic heterocycles. The largest absolute Gasteiger partial charge is 0.446 e. The van der Waals surface area contributed by atoms with Crippen molar-refractivity contribution in [3.05, 3.63) is 30.0 Å². The van der Waals surface area contributed by atoms with Crippen LogP contribution < -0.4 is 15.5 Å². The van der Waals surface area contributed by atoms with Gasteiger partial charge in [-0.2, -0.15) is 5.10 Å². The predicted octanol–water partition coefficient (Wildman–Crippen LogP) is 4.41. The smallest absolute Gasteiger partial charge is 0.415 e. The summed E-state index contributed by atoms with van der Waals surface area (Å²) >= 11 is 0. The molecule has 1 aliphatic heterocycles. The van der Waals surface area contributed by atoms with E-state index in [2.05, 4.69) is 20.8 Å². The number of anilines is 3. The summed E-state index contributed by atoms with van der Waals surface area (Å²) in [5, 5.41) is 13.3. The first-order chi connectivity index (χ1) is 16.8. The van der Waals surface area contributed by atoms with Crippen LogP contribution in [-0.2, 0) is 19.3 Å². The Kier molecular flexibility index (Phi) is 6.91. The predicted molar refractivity (Wildman–Crippen MR) is 134 cm³/mol. The molecule has 0 saturated heterocycles. The van der Waals surface area contributed by atoms with Crippen LogP contribution in [0.1, 0.15) is 65.5 Å². The number of aromatic amines is 1. The van der Waals surface area contributed by atoms with Crippen LogP contribution in [0.2, 0.25) is 0 Å². The molecule has 4 rings (SSSR count). The topological polar surface area (TPSA) is 143 Å². The summed E-state index contributed by atoms with van der Waals surface area (Å²) in [6.07, 6.45) is 1.08. The maximum absolute atomic E-state index is 12.6. The second-order valence-corrected chi connectivity index (χ2v) is 12.4. The van der Waals surface area contributed by atoms with Crippen molar-refractivity contribution in [1.82, 2.24) is 15.5 Å². The highest BCUT2D eigenvalue weighted by atomic mass is 32.2. The molecule has 2 amide bonds. The maximum Gasteiger partial charge on any atom is 0.415 e. The van der Waals surface area contributed by atoms with Gasteiger partial charge in [-0.15, -0.1) is 0 Å². The van der Waals surface area contributed by atoms with Crippen LogP contribution in [0, 0.1) is 0 Å². The van der Waals surface area contributed by atoms with E-state index in [0.717, 1.165) is 23.4 Å². The number of carbonyl (C=O) groups excluding carboxylic acids is 2. The van der Waals surface area contributed by atoms with Crippen LogP contribution in [-0.4, -0.2) is 54.4 Å². The number of benzene rings is 1. The van der Waals surface area contributed by atoms with E-state index in [1.165, 1.54) is 6.07 Å². The van der Waals surface area contributed by atoms with E-state index < -0.39 is 33.5 Å². The highest BCUT2D eigenvalue weighted by Crippen LogP contribution is 2.39. The molecule has 2 aromatic rings. The van der Waals surface area contributed by atoms with E-state index in [1.54, 1.807) is 32.9 Å². The van der Waals surface area contributed by atoms with Crippen molar-refractivity contribution in [1.29, 1.82) is 0 Å². The third-order valence-electron chi connectivity index (χ3n) is 5.87. The summed E-state index contributed by atoms with van der Waals surface area (Å²) in [4.78, 5) is 25.7. The number of H-pyrrole nitrogens is 1. The van der Waals surface area contributed by atoms with Gasteiger partial charge in [-0.3, -0.25) is 10.00 Å². The van der Waals surface area contributed by atoms with Gasteiger partial charge in [0.15, 0.2) is 15.7 Å². The van der Waals surface area contributed by atoms with Crippen LogP contribution >= 0.6 is 0 Å². The summed E-state index contributed by atoms with van der Waals surface area (Å²) < 4.78 is 36.0. The third kappa shape index (κ3) is 5.92. The highest BCUT2D eigenvalue weighted by molar-refractivity contribution is 7.92. The monoisotopic (exact) mass is 519 g/mol. The number of fused-ring (bicyclic) bond motifs is 1. The van der Waals surface area contributed by atoms with E-state index in [1.807, 2.05) is 19.9 Å². The Bertz CT molecular complexity index is 1250. The molecule has 36 heavy (non-hydrogen) atoms. The fraction of sp³-hybridized carbons (Fsp3) is 0.542. The first-order valence-electron chi connectivity index (χ1n) is 12.0. The molecule has 0 radical (unpaired) electrons. The molecule has 3 N–H and O–H groups in total. The molecule has 1 saturated carbocycles. The molecule has 1 aliphatic carbocycles. The first kappa shape index (κ1) is 25.8. The second-order valence-electron chi connectivity index (χ2n) is 10.5. The molecule has 11 nitrogen and oxygen atoms in total. The summed E-state index contributed by atoms with van der Waals surface area (Å²) in [5.41, 5.74) is 1.01. The Hall–Kier alpha value is -3.28. The van der Waals surface area contributed by atoms with Crippen LogP contribution in [0.5, 0.6) is 0 Å². The zero-order valence-corrected chi connectivity index (χ0v) is 21.9. The van der Waals surface area contributed by atoms with Crippen LogP contribution in [0.4, 0.5) is 26.8 Å². The maximum atomic E-state index is 12.6. The number of nitrogens with zero attached hydrogens (tertiary/aromatic N) is 2. The van der Waals surface area contributed by atoms with Gasteiger partial charge in [-0.05, 0) is 72.1 Å². The lowest BCUT2D eigenvalue weighted by Gasteiger charge is -2.24. The van der Waals surface area contributed by atoms with Crippen LogP contribution in [0.3, 0.4) is 0 Å². The highest BCUT2D eigenvalue weighted by Gasteiger charge is 2.38. The van der Waals surface area contributed by atoms with E-state index >= 15 is 0 Å². The Morgan fingerprint density at radius 3 is 2.64 bits per heavy atom. The van der Waals surface area contributed by atoms with Gasteiger partial charge in [-0.25, -0.2) is 18.0 Å². The number of amides is 2.